The molecule has 5 atom stereocenters. The Kier molecular flexibility index (Phi) is 13.2. The van der Waals surface area contributed by atoms with Crippen molar-refractivity contribution in [1.82, 2.24) is 15.6 Å². The van der Waals surface area contributed by atoms with Crippen molar-refractivity contribution in [2.45, 2.75) is 96.4 Å². The van der Waals surface area contributed by atoms with Crippen LogP contribution in [-0.4, -0.2) is 82.8 Å². The Labute approximate surface area is 284 Å². The number of rotatable bonds is 13. The lowest BCUT2D eigenvalue weighted by Gasteiger charge is -2.28. The van der Waals surface area contributed by atoms with Gasteiger partial charge in [-0.2, -0.15) is 5.26 Å². The van der Waals surface area contributed by atoms with Gasteiger partial charge in [-0.3, -0.25) is 15.0 Å². The lowest BCUT2D eigenvalue weighted by atomic mass is 9.92. The lowest BCUT2D eigenvalue weighted by molar-refractivity contribution is -0.163. The molecule has 2 amide bonds. The van der Waals surface area contributed by atoms with Crippen molar-refractivity contribution in [3.05, 3.63) is 59.4 Å². The zero-order chi connectivity index (χ0) is 36.4. The van der Waals surface area contributed by atoms with Crippen LogP contribution in [0.5, 0.6) is 0 Å². The van der Waals surface area contributed by atoms with Crippen LogP contribution in [0.1, 0.15) is 71.3 Å². The van der Waals surface area contributed by atoms with Crippen LogP contribution in [0, 0.1) is 22.7 Å². The molecule has 1 aromatic carbocycles. The van der Waals surface area contributed by atoms with E-state index < -0.39 is 66.1 Å². The Morgan fingerprint density at radius 3 is 2.47 bits per heavy atom. The molecule has 264 valence electrons. The molecule has 3 rings (SSSR count). The Bertz CT molecular complexity index is 1560. The third kappa shape index (κ3) is 10.2. The Morgan fingerprint density at radius 1 is 1.18 bits per heavy atom. The molecule has 1 aliphatic rings. The van der Waals surface area contributed by atoms with E-state index in [1.807, 2.05) is 13.0 Å². The maximum atomic E-state index is 13.5. The number of amides is 2. The van der Waals surface area contributed by atoms with Gasteiger partial charge in [0, 0.05) is 6.42 Å². The van der Waals surface area contributed by atoms with Crippen LogP contribution in [0.25, 0.3) is 0 Å². The summed E-state index contributed by atoms with van der Waals surface area (Å²) < 4.78 is 22.6. The maximum absolute atomic E-state index is 13.5. The van der Waals surface area contributed by atoms with Crippen molar-refractivity contribution in [2.24, 2.45) is 10.9 Å². The van der Waals surface area contributed by atoms with Gasteiger partial charge in [0.2, 0.25) is 11.5 Å². The number of aliphatic imine (C=N–C) groups is 1. The highest BCUT2D eigenvalue weighted by Gasteiger charge is 2.59. The number of aliphatic hydroxyl groups is 1. The fourth-order valence-electron chi connectivity index (χ4n) is 4.99. The van der Waals surface area contributed by atoms with Gasteiger partial charge in [0.25, 0.3) is 0 Å². The first-order valence-corrected chi connectivity index (χ1v) is 15.9. The number of carbonyl (C=O) groups excluding carboxylic acids is 4. The van der Waals surface area contributed by atoms with E-state index in [0.29, 0.717) is 12.0 Å². The van der Waals surface area contributed by atoms with Crippen LogP contribution in [0.2, 0.25) is 0 Å². The third-order valence-corrected chi connectivity index (χ3v) is 7.31. The summed E-state index contributed by atoms with van der Waals surface area (Å²) in [6.45, 7) is 9.65. The van der Waals surface area contributed by atoms with E-state index in [1.54, 1.807) is 65.0 Å². The third-order valence-electron chi connectivity index (χ3n) is 7.31. The highest BCUT2D eigenvalue weighted by atomic mass is 16.6. The molecule has 1 aliphatic heterocycles. The summed E-state index contributed by atoms with van der Waals surface area (Å²) in [5.74, 6) is -2.43. The van der Waals surface area contributed by atoms with Gasteiger partial charge in [0.15, 0.2) is 11.9 Å². The van der Waals surface area contributed by atoms with Crippen LogP contribution in [0.15, 0.2) is 47.5 Å². The first-order chi connectivity index (χ1) is 23.1. The number of aliphatic hydroxyl groups excluding tert-OH is 1. The second kappa shape index (κ2) is 16.8. The topological polar surface area (TPSA) is 225 Å². The summed E-state index contributed by atoms with van der Waals surface area (Å²) in [7, 11) is 0. The Morgan fingerprint density at radius 2 is 1.88 bits per heavy atom. The van der Waals surface area contributed by atoms with Gasteiger partial charge in [-0.05, 0) is 50.8 Å². The molecule has 5 N–H and O–H groups in total. The molecular weight excluding hydrogens is 636 g/mol. The SMILES string of the molecule is CCCC(=O)NC(=NC=N)c1ccc([C@]2(C#N)O[C@H](COC(=O)Cc3ccccc3)[C@@H](OC(=O)[C@@H](NC(=O)OC(C)(C)C)C(C)C)[C@H]2O)[nH]1. The average molecular weight is 681 g/mol. The molecular formula is C34H44N6O9. The molecule has 1 aromatic heterocycles. The number of nitrogens with zero attached hydrogens (tertiary/aromatic N) is 2. The van der Waals surface area contributed by atoms with Crippen molar-refractivity contribution in [2.75, 3.05) is 6.61 Å². The summed E-state index contributed by atoms with van der Waals surface area (Å²) in [4.78, 5) is 57.9. The summed E-state index contributed by atoms with van der Waals surface area (Å²) in [5.41, 5.74) is -2.14. The minimum atomic E-state index is -2.19. The van der Waals surface area contributed by atoms with Gasteiger partial charge in [0.1, 0.15) is 42.9 Å². The summed E-state index contributed by atoms with van der Waals surface area (Å²) >= 11 is 0. The normalized spacial score (nSPS) is 21.3. The van der Waals surface area contributed by atoms with Gasteiger partial charge >= 0.3 is 18.0 Å². The first kappa shape index (κ1) is 38.4. The molecule has 15 nitrogen and oxygen atoms in total. The number of amidine groups is 1. The molecule has 0 aliphatic carbocycles. The second-order valence-corrected chi connectivity index (χ2v) is 12.8. The number of nitriles is 1. The molecule has 1 fully saturated rings. The Balaban J connectivity index is 1.94. The Hall–Kier alpha value is -5.07. The predicted octanol–water partition coefficient (Wildman–Crippen LogP) is 3.01. The maximum Gasteiger partial charge on any atom is 0.408 e. The highest BCUT2D eigenvalue weighted by Crippen LogP contribution is 2.41. The number of aromatic amines is 1. The van der Waals surface area contributed by atoms with Crippen LogP contribution in [-0.2, 0) is 45.4 Å². The van der Waals surface area contributed by atoms with E-state index in [1.165, 1.54) is 12.1 Å². The minimum Gasteiger partial charge on any atom is -0.463 e. The number of alkyl carbamates (subject to hydrolysis) is 1. The van der Waals surface area contributed by atoms with Crippen molar-refractivity contribution < 1.29 is 43.2 Å². The number of ether oxygens (including phenoxy) is 4. The quantitative estimate of drug-likeness (QED) is 0.0899. The second-order valence-electron chi connectivity index (χ2n) is 12.8. The number of aromatic nitrogens is 1. The van der Waals surface area contributed by atoms with Gasteiger partial charge in [0.05, 0.1) is 17.8 Å². The zero-order valence-electron chi connectivity index (χ0n) is 28.4. The van der Waals surface area contributed by atoms with Crippen molar-refractivity contribution in [3.8, 4) is 6.07 Å². The number of carbonyl (C=O) groups is 4. The van der Waals surface area contributed by atoms with Crippen LogP contribution in [0.4, 0.5) is 4.79 Å². The number of H-pyrrole nitrogens is 1. The molecule has 2 aromatic rings. The fraction of sp³-hybridized carbons (Fsp3) is 0.500. The van der Waals surface area contributed by atoms with Gasteiger partial charge in [-0.15, -0.1) is 0 Å². The van der Waals surface area contributed by atoms with Crippen molar-refractivity contribution in [3.63, 3.8) is 0 Å². The monoisotopic (exact) mass is 680 g/mol. The zero-order valence-corrected chi connectivity index (χ0v) is 28.4. The molecule has 49 heavy (non-hydrogen) atoms. The van der Waals surface area contributed by atoms with E-state index in [2.05, 4.69) is 20.6 Å². The van der Waals surface area contributed by atoms with Crippen molar-refractivity contribution >= 4 is 36.1 Å². The molecule has 2 heterocycles. The van der Waals surface area contributed by atoms with Gasteiger partial charge in [-0.1, -0.05) is 51.1 Å². The van der Waals surface area contributed by atoms with Gasteiger partial charge < -0.3 is 39.7 Å². The van der Waals surface area contributed by atoms with E-state index in [0.717, 1.165) is 6.34 Å². The number of esters is 2. The van der Waals surface area contributed by atoms with Crippen LogP contribution >= 0.6 is 0 Å². The van der Waals surface area contributed by atoms with Gasteiger partial charge in [-0.25, -0.2) is 14.6 Å². The average Bonchev–Trinajstić information content (AvgIpc) is 3.62. The molecule has 0 bridgehead atoms. The minimum absolute atomic E-state index is 0.00590. The fourth-order valence-corrected chi connectivity index (χ4v) is 4.99. The number of hydrogen-bond acceptors (Lipinski definition) is 11. The van der Waals surface area contributed by atoms with Crippen molar-refractivity contribution in [1.29, 1.82) is 10.7 Å². The van der Waals surface area contributed by atoms with E-state index in [4.69, 9.17) is 24.4 Å². The summed E-state index contributed by atoms with van der Waals surface area (Å²) in [5, 5.41) is 34.6. The molecule has 0 radical (unpaired) electrons. The molecule has 0 unspecified atom stereocenters. The smallest absolute Gasteiger partial charge is 0.408 e. The summed E-state index contributed by atoms with van der Waals surface area (Å²) in [6, 6.07) is 12.5. The summed E-state index contributed by atoms with van der Waals surface area (Å²) in [6.07, 6.45) is -4.16. The molecule has 0 spiro atoms. The number of nitrogens with one attached hydrogen (secondary N) is 4. The number of benzene rings is 1. The lowest BCUT2D eigenvalue weighted by Crippen LogP contribution is -2.50. The molecule has 0 saturated carbocycles. The first-order valence-electron chi connectivity index (χ1n) is 15.9. The van der Waals surface area contributed by atoms with E-state index in [-0.39, 0.29) is 36.0 Å². The largest absolute Gasteiger partial charge is 0.463 e. The van der Waals surface area contributed by atoms with Crippen LogP contribution in [0.3, 0.4) is 0 Å². The highest BCUT2D eigenvalue weighted by molar-refractivity contribution is 6.09. The predicted molar refractivity (Wildman–Crippen MR) is 176 cm³/mol. The standard InChI is InChI=1S/C34H44N6O9/c1-7-11-25(41)39-30(37-19-36)22-14-15-24(38-22)34(18-35)29(43)28(23(48-34)17-46-26(42)16-21-12-9-8-10-13-21)47-31(44)27(20(2)3)40-32(45)49-33(4,5)6/h8-10,12-15,19-20,23,27-29,38,43H,7,11,16-17H2,1-6H3,(H,40,45)(H2,36,37,39,41)/t23-,27+,28-,29-,34+/m1/s1. The van der Waals surface area contributed by atoms with E-state index in [9.17, 15) is 29.5 Å². The molecule has 15 heteroatoms. The van der Waals surface area contributed by atoms with E-state index >= 15 is 0 Å². The molecule has 1 saturated heterocycles. The number of hydrogen-bond donors (Lipinski definition) is 5. The van der Waals surface area contributed by atoms with Crippen LogP contribution < -0.4 is 10.6 Å².